The van der Waals surface area contributed by atoms with Crippen LogP contribution in [-0.2, 0) is 16.0 Å². The van der Waals surface area contributed by atoms with Crippen molar-refractivity contribution in [1.29, 1.82) is 0 Å². The first-order chi connectivity index (χ1) is 7.22. The van der Waals surface area contributed by atoms with E-state index < -0.39 is 0 Å². The number of benzene rings is 1. The second-order valence-electron chi connectivity index (χ2n) is 3.56. The summed E-state index contributed by atoms with van der Waals surface area (Å²) in [5.41, 5.74) is 7.10. The van der Waals surface area contributed by atoms with Crippen molar-refractivity contribution in [1.82, 2.24) is 0 Å². The van der Waals surface area contributed by atoms with E-state index in [0.29, 0.717) is 12.8 Å². The minimum atomic E-state index is -0.196. The number of ether oxygens (including phenoxy) is 1. The van der Waals surface area contributed by atoms with Crippen molar-refractivity contribution in [2.24, 2.45) is 5.73 Å². The van der Waals surface area contributed by atoms with Crippen LogP contribution in [0.4, 0.5) is 0 Å². The highest BCUT2D eigenvalue weighted by molar-refractivity contribution is 5.69. The fourth-order valence-electron chi connectivity index (χ4n) is 1.42. The Labute approximate surface area is 90.2 Å². The van der Waals surface area contributed by atoms with Gasteiger partial charge in [-0.15, -0.1) is 0 Å². The molecule has 82 valence electrons. The van der Waals surface area contributed by atoms with Crippen molar-refractivity contribution in [2.45, 2.75) is 25.3 Å². The van der Waals surface area contributed by atoms with Crippen LogP contribution in [0, 0.1) is 0 Å². The summed E-state index contributed by atoms with van der Waals surface area (Å²) in [6.45, 7) is 0. The van der Waals surface area contributed by atoms with Crippen LogP contribution in [0.15, 0.2) is 30.3 Å². The maximum Gasteiger partial charge on any atom is 0.305 e. The van der Waals surface area contributed by atoms with Gasteiger partial charge >= 0.3 is 5.97 Å². The van der Waals surface area contributed by atoms with Crippen molar-refractivity contribution in [3.63, 3.8) is 0 Å². The highest BCUT2D eigenvalue weighted by Crippen LogP contribution is 2.05. The smallest absolute Gasteiger partial charge is 0.305 e. The second kappa shape index (κ2) is 6.19. The Morgan fingerprint density at radius 1 is 1.40 bits per heavy atom. The Bertz CT molecular complexity index is 298. The molecule has 0 fully saturated rings. The van der Waals surface area contributed by atoms with Crippen molar-refractivity contribution in [2.75, 3.05) is 7.11 Å². The molecular weight excluding hydrogens is 190 g/mol. The second-order valence-corrected chi connectivity index (χ2v) is 3.56. The van der Waals surface area contributed by atoms with Gasteiger partial charge in [-0.1, -0.05) is 30.3 Å². The highest BCUT2D eigenvalue weighted by atomic mass is 16.5. The third kappa shape index (κ3) is 4.61. The number of methoxy groups -OCH3 is 1. The molecular formula is C12H17NO2. The molecule has 0 heterocycles. The lowest BCUT2D eigenvalue weighted by atomic mass is 10.0. The fourth-order valence-corrected chi connectivity index (χ4v) is 1.42. The van der Waals surface area contributed by atoms with Gasteiger partial charge in [0.05, 0.1) is 7.11 Å². The average molecular weight is 207 g/mol. The summed E-state index contributed by atoms with van der Waals surface area (Å²) in [6.07, 6.45) is 1.86. The zero-order valence-corrected chi connectivity index (χ0v) is 8.98. The largest absolute Gasteiger partial charge is 0.469 e. The molecule has 0 radical (unpaired) electrons. The zero-order valence-electron chi connectivity index (χ0n) is 8.98. The molecule has 0 bridgehead atoms. The van der Waals surface area contributed by atoms with Crippen LogP contribution in [0.1, 0.15) is 18.4 Å². The number of esters is 1. The summed E-state index contributed by atoms with van der Waals surface area (Å²) in [7, 11) is 1.39. The first kappa shape index (κ1) is 11.7. The maximum absolute atomic E-state index is 10.9. The normalized spacial score (nSPS) is 12.1. The van der Waals surface area contributed by atoms with Gasteiger partial charge in [0.1, 0.15) is 0 Å². The lowest BCUT2D eigenvalue weighted by Gasteiger charge is -2.10. The van der Waals surface area contributed by atoms with Crippen molar-refractivity contribution in [3.05, 3.63) is 35.9 Å². The van der Waals surface area contributed by atoms with Crippen LogP contribution < -0.4 is 5.73 Å². The standard InChI is InChI=1S/C12H17NO2/c1-15-12(14)8-7-11(13)9-10-5-3-2-4-6-10/h2-6,11H,7-9,13H2,1H3. The van der Waals surface area contributed by atoms with Gasteiger partial charge in [-0.25, -0.2) is 0 Å². The number of carbonyl (C=O) groups is 1. The molecule has 0 aliphatic carbocycles. The van der Waals surface area contributed by atoms with E-state index in [1.807, 2.05) is 30.3 Å². The van der Waals surface area contributed by atoms with Crippen LogP contribution in [0.2, 0.25) is 0 Å². The van der Waals surface area contributed by atoms with Crippen LogP contribution in [0.3, 0.4) is 0 Å². The molecule has 0 amide bonds. The molecule has 3 nitrogen and oxygen atoms in total. The summed E-state index contributed by atoms with van der Waals surface area (Å²) in [4.78, 5) is 10.9. The summed E-state index contributed by atoms with van der Waals surface area (Å²) in [5.74, 6) is -0.196. The topological polar surface area (TPSA) is 52.3 Å². The minimum Gasteiger partial charge on any atom is -0.469 e. The molecule has 2 N–H and O–H groups in total. The molecule has 1 rings (SSSR count). The summed E-state index contributed by atoms with van der Waals surface area (Å²) >= 11 is 0. The van der Waals surface area contributed by atoms with Gasteiger partial charge in [-0.3, -0.25) is 4.79 Å². The van der Waals surface area contributed by atoms with E-state index in [2.05, 4.69) is 4.74 Å². The Kier molecular flexibility index (Phi) is 4.84. The molecule has 1 aromatic rings. The van der Waals surface area contributed by atoms with E-state index in [-0.39, 0.29) is 12.0 Å². The van der Waals surface area contributed by atoms with E-state index in [4.69, 9.17) is 5.73 Å². The molecule has 0 aliphatic rings. The molecule has 0 spiro atoms. The van der Waals surface area contributed by atoms with Gasteiger partial charge in [-0.2, -0.15) is 0 Å². The SMILES string of the molecule is COC(=O)CCC(N)Cc1ccccc1. The van der Waals surface area contributed by atoms with E-state index >= 15 is 0 Å². The molecule has 0 aliphatic heterocycles. The maximum atomic E-state index is 10.9. The van der Waals surface area contributed by atoms with E-state index in [0.717, 1.165) is 6.42 Å². The van der Waals surface area contributed by atoms with Gasteiger partial charge in [0, 0.05) is 12.5 Å². The van der Waals surface area contributed by atoms with Crippen LogP contribution in [0.25, 0.3) is 0 Å². The highest BCUT2D eigenvalue weighted by Gasteiger charge is 2.07. The first-order valence-corrected chi connectivity index (χ1v) is 5.08. The van der Waals surface area contributed by atoms with Crippen molar-refractivity contribution in [3.8, 4) is 0 Å². The molecule has 3 heteroatoms. The third-order valence-electron chi connectivity index (χ3n) is 2.29. The summed E-state index contributed by atoms with van der Waals surface area (Å²) in [6, 6.07) is 10.1. The molecule has 1 aromatic carbocycles. The summed E-state index contributed by atoms with van der Waals surface area (Å²) < 4.78 is 4.56. The average Bonchev–Trinajstić information content (AvgIpc) is 2.27. The lowest BCUT2D eigenvalue weighted by Crippen LogP contribution is -2.24. The van der Waals surface area contributed by atoms with Crippen LogP contribution in [-0.4, -0.2) is 19.1 Å². The van der Waals surface area contributed by atoms with E-state index in [9.17, 15) is 4.79 Å². The zero-order chi connectivity index (χ0) is 11.1. The predicted molar refractivity (Wildman–Crippen MR) is 59.4 cm³/mol. The molecule has 1 atom stereocenters. The monoisotopic (exact) mass is 207 g/mol. The number of nitrogens with two attached hydrogens (primary N) is 1. The van der Waals surface area contributed by atoms with Crippen LogP contribution in [0.5, 0.6) is 0 Å². The Balaban J connectivity index is 2.30. The molecule has 15 heavy (non-hydrogen) atoms. The molecule has 0 saturated carbocycles. The molecule has 0 aromatic heterocycles. The van der Waals surface area contributed by atoms with E-state index in [1.165, 1.54) is 12.7 Å². The van der Waals surface area contributed by atoms with Gasteiger partial charge in [-0.05, 0) is 18.4 Å². The molecule has 0 saturated heterocycles. The predicted octanol–water partition coefficient (Wildman–Crippen LogP) is 1.51. The number of hydrogen-bond donors (Lipinski definition) is 1. The lowest BCUT2D eigenvalue weighted by molar-refractivity contribution is -0.140. The van der Waals surface area contributed by atoms with Gasteiger partial charge < -0.3 is 10.5 Å². The van der Waals surface area contributed by atoms with E-state index in [1.54, 1.807) is 0 Å². The van der Waals surface area contributed by atoms with Gasteiger partial charge in [0.15, 0.2) is 0 Å². The fraction of sp³-hybridized carbons (Fsp3) is 0.417. The Morgan fingerprint density at radius 3 is 2.67 bits per heavy atom. The minimum absolute atomic E-state index is 0.0199. The number of carbonyl (C=O) groups excluding carboxylic acids is 1. The first-order valence-electron chi connectivity index (χ1n) is 5.08. The number of hydrogen-bond acceptors (Lipinski definition) is 3. The Morgan fingerprint density at radius 2 is 2.07 bits per heavy atom. The summed E-state index contributed by atoms with van der Waals surface area (Å²) in [5, 5.41) is 0. The Hall–Kier alpha value is -1.35. The van der Waals surface area contributed by atoms with Crippen molar-refractivity contribution >= 4 is 5.97 Å². The van der Waals surface area contributed by atoms with Crippen molar-refractivity contribution < 1.29 is 9.53 Å². The quantitative estimate of drug-likeness (QED) is 0.744. The van der Waals surface area contributed by atoms with Gasteiger partial charge in [0.25, 0.3) is 0 Å². The number of rotatable bonds is 5. The third-order valence-corrected chi connectivity index (χ3v) is 2.29. The van der Waals surface area contributed by atoms with Crippen LogP contribution >= 0.6 is 0 Å². The molecule has 1 unspecified atom stereocenters. The van der Waals surface area contributed by atoms with Gasteiger partial charge in [0.2, 0.25) is 0 Å².